The number of rotatable bonds is 5. The lowest BCUT2D eigenvalue weighted by atomic mass is 10.1. The van der Waals surface area contributed by atoms with E-state index < -0.39 is 4.92 Å². The van der Waals surface area contributed by atoms with Crippen molar-refractivity contribution >= 4 is 23.4 Å². The lowest BCUT2D eigenvalue weighted by molar-refractivity contribution is -0.385. The third kappa shape index (κ3) is 4.13. The molecule has 0 bridgehead atoms. The summed E-state index contributed by atoms with van der Waals surface area (Å²) in [5.74, 6) is 1.09. The largest absolute Gasteiger partial charge is 0.370 e. The highest BCUT2D eigenvalue weighted by molar-refractivity contribution is 5.98. The standard InChI is InChI=1S/C18H22N6O3/c1-3-19-16-12-13(2)20-18(21-16)23-10-8-22(9-11-23)17(25)14-6-4-5-7-15(14)24(26)27/h4-7,12H,3,8-11H2,1-2H3,(H,19,20,21). The quantitative estimate of drug-likeness (QED) is 0.635. The number of nitro benzene ring substituents is 1. The summed E-state index contributed by atoms with van der Waals surface area (Å²) in [6.45, 7) is 6.75. The number of nitrogens with zero attached hydrogens (tertiary/aromatic N) is 5. The van der Waals surface area contributed by atoms with Gasteiger partial charge in [-0.3, -0.25) is 14.9 Å². The lowest BCUT2D eigenvalue weighted by Gasteiger charge is -2.34. The van der Waals surface area contributed by atoms with Gasteiger partial charge in [0.05, 0.1) is 4.92 Å². The average molecular weight is 370 g/mol. The molecule has 0 aliphatic carbocycles. The van der Waals surface area contributed by atoms with Crippen molar-refractivity contribution in [2.45, 2.75) is 13.8 Å². The highest BCUT2D eigenvalue weighted by atomic mass is 16.6. The Kier molecular flexibility index (Phi) is 5.49. The van der Waals surface area contributed by atoms with Crippen molar-refractivity contribution in [3.63, 3.8) is 0 Å². The summed E-state index contributed by atoms with van der Waals surface area (Å²) in [6.07, 6.45) is 0. The van der Waals surface area contributed by atoms with Crippen LogP contribution in [0.25, 0.3) is 0 Å². The van der Waals surface area contributed by atoms with Crippen molar-refractivity contribution in [2.75, 3.05) is 42.9 Å². The first-order valence-corrected chi connectivity index (χ1v) is 8.86. The number of carbonyl (C=O) groups excluding carboxylic acids is 1. The molecule has 142 valence electrons. The summed E-state index contributed by atoms with van der Waals surface area (Å²) >= 11 is 0. The zero-order valence-corrected chi connectivity index (χ0v) is 15.4. The van der Waals surface area contributed by atoms with Crippen LogP contribution in [0.5, 0.6) is 0 Å². The van der Waals surface area contributed by atoms with Gasteiger partial charge < -0.3 is 15.1 Å². The zero-order valence-electron chi connectivity index (χ0n) is 15.4. The van der Waals surface area contributed by atoms with Crippen molar-refractivity contribution in [1.29, 1.82) is 0 Å². The number of nitrogens with one attached hydrogen (secondary N) is 1. The Labute approximate surface area is 157 Å². The fourth-order valence-corrected chi connectivity index (χ4v) is 3.06. The zero-order chi connectivity index (χ0) is 19.4. The number of benzene rings is 1. The van der Waals surface area contributed by atoms with Crippen LogP contribution in [0.4, 0.5) is 17.5 Å². The Bertz CT molecular complexity index is 849. The van der Waals surface area contributed by atoms with Gasteiger partial charge in [0.15, 0.2) is 0 Å². The molecule has 0 radical (unpaired) electrons. The maximum absolute atomic E-state index is 12.7. The van der Waals surface area contributed by atoms with Crippen LogP contribution in [0, 0.1) is 17.0 Å². The molecule has 1 aliphatic heterocycles. The number of para-hydroxylation sites is 1. The summed E-state index contributed by atoms with van der Waals surface area (Å²) in [7, 11) is 0. The van der Waals surface area contributed by atoms with Gasteiger partial charge in [0.25, 0.3) is 11.6 Å². The summed E-state index contributed by atoms with van der Waals surface area (Å²) in [5.41, 5.74) is 0.828. The van der Waals surface area contributed by atoms with Crippen molar-refractivity contribution in [3.8, 4) is 0 Å². The van der Waals surface area contributed by atoms with E-state index in [0.717, 1.165) is 18.1 Å². The Morgan fingerprint density at radius 1 is 1.22 bits per heavy atom. The smallest absolute Gasteiger partial charge is 0.282 e. The van der Waals surface area contributed by atoms with E-state index in [0.29, 0.717) is 32.1 Å². The molecule has 27 heavy (non-hydrogen) atoms. The second kappa shape index (κ2) is 7.98. The predicted octanol–water partition coefficient (Wildman–Crippen LogP) is 2.09. The number of carbonyl (C=O) groups is 1. The van der Waals surface area contributed by atoms with Crippen LogP contribution in [-0.2, 0) is 0 Å². The first-order valence-electron chi connectivity index (χ1n) is 8.86. The van der Waals surface area contributed by atoms with Gasteiger partial charge >= 0.3 is 0 Å². The van der Waals surface area contributed by atoms with E-state index >= 15 is 0 Å². The molecule has 2 aromatic rings. The van der Waals surface area contributed by atoms with Crippen LogP contribution in [-0.4, -0.2) is 58.4 Å². The van der Waals surface area contributed by atoms with Crippen LogP contribution in [0.1, 0.15) is 23.0 Å². The van der Waals surface area contributed by atoms with E-state index in [-0.39, 0.29) is 17.2 Å². The SMILES string of the molecule is CCNc1cc(C)nc(N2CCN(C(=O)c3ccccc3[N+](=O)[O-])CC2)n1. The second-order valence-electron chi connectivity index (χ2n) is 6.28. The molecule has 0 atom stereocenters. The third-order valence-corrected chi connectivity index (χ3v) is 4.38. The van der Waals surface area contributed by atoms with Crippen LogP contribution in [0.3, 0.4) is 0 Å². The van der Waals surface area contributed by atoms with E-state index in [1.54, 1.807) is 17.0 Å². The van der Waals surface area contributed by atoms with Crippen LogP contribution >= 0.6 is 0 Å². The molecule has 1 saturated heterocycles. The highest BCUT2D eigenvalue weighted by Crippen LogP contribution is 2.21. The minimum absolute atomic E-state index is 0.122. The van der Waals surface area contributed by atoms with Gasteiger partial charge in [0, 0.05) is 50.6 Å². The molecular weight excluding hydrogens is 348 g/mol. The number of piperazine rings is 1. The third-order valence-electron chi connectivity index (χ3n) is 4.38. The normalized spacial score (nSPS) is 14.1. The van der Waals surface area contributed by atoms with Crippen LogP contribution in [0.2, 0.25) is 0 Å². The van der Waals surface area contributed by atoms with Crippen molar-refractivity contribution < 1.29 is 9.72 Å². The number of hydrogen-bond donors (Lipinski definition) is 1. The Balaban J connectivity index is 1.71. The minimum atomic E-state index is -0.521. The molecule has 1 aromatic carbocycles. The van der Waals surface area contributed by atoms with Crippen molar-refractivity contribution in [3.05, 3.63) is 51.7 Å². The van der Waals surface area contributed by atoms with Crippen molar-refractivity contribution in [2.24, 2.45) is 0 Å². The molecule has 0 spiro atoms. The van der Waals surface area contributed by atoms with Gasteiger partial charge in [0.1, 0.15) is 11.4 Å². The molecular formula is C18H22N6O3. The molecule has 3 rings (SSSR count). The Hall–Kier alpha value is -3.23. The van der Waals surface area contributed by atoms with Gasteiger partial charge in [-0.15, -0.1) is 0 Å². The topological polar surface area (TPSA) is 105 Å². The average Bonchev–Trinajstić information content (AvgIpc) is 2.67. The predicted molar refractivity (Wildman–Crippen MR) is 102 cm³/mol. The molecule has 1 fully saturated rings. The monoisotopic (exact) mass is 370 g/mol. The van der Waals surface area contributed by atoms with Gasteiger partial charge in [-0.05, 0) is 19.9 Å². The minimum Gasteiger partial charge on any atom is -0.370 e. The van der Waals surface area contributed by atoms with E-state index in [9.17, 15) is 14.9 Å². The summed E-state index contributed by atoms with van der Waals surface area (Å²) in [6, 6.07) is 7.94. The Morgan fingerprint density at radius 3 is 2.59 bits per heavy atom. The first-order chi connectivity index (χ1) is 13.0. The van der Waals surface area contributed by atoms with Crippen LogP contribution in [0.15, 0.2) is 30.3 Å². The maximum Gasteiger partial charge on any atom is 0.282 e. The van der Waals surface area contributed by atoms with Crippen LogP contribution < -0.4 is 10.2 Å². The molecule has 0 unspecified atom stereocenters. The number of hydrogen-bond acceptors (Lipinski definition) is 7. The molecule has 9 nitrogen and oxygen atoms in total. The molecule has 0 saturated carbocycles. The van der Waals surface area contributed by atoms with E-state index in [1.807, 2.05) is 24.8 Å². The van der Waals surface area contributed by atoms with Gasteiger partial charge in [-0.1, -0.05) is 12.1 Å². The second-order valence-corrected chi connectivity index (χ2v) is 6.28. The fraction of sp³-hybridized carbons (Fsp3) is 0.389. The van der Waals surface area contributed by atoms with E-state index in [4.69, 9.17) is 0 Å². The van der Waals surface area contributed by atoms with Gasteiger partial charge in [-0.2, -0.15) is 4.98 Å². The summed E-state index contributed by atoms with van der Waals surface area (Å²) < 4.78 is 0. The number of aromatic nitrogens is 2. The first kappa shape index (κ1) is 18.6. The number of nitro groups is 1. The molecule has 1 amide bonds. The molecule has 1 aromatic heterocycles. The maximum atomic E-state index is 12.7. The molecule has 1 N–H and O–H groups in total. The van der Waals surface area contributed by atoms with E-state index in [1.165, 1.54) is 12.1 Å². The van der Waals surface area contributed by atoms with Gasteiger partial charge in [-0.25, -0.2) is 4.98 Å². The number of amides is 1. The Morgan fingerprint density at radius 2 is 1.93 bits per heavy atom. The molecule has 1 aliphatic rings. The summed E-state index contributed by atoms with van der Waals surface area (Å²) in [4.78, 5) is 36.0. The number of anilines is 2. The van der Waals surface area contributed by atoms with Gasteiger partial charge in [0.2, 0.25) is 5.95 Å². The highest BCUT2D eigenvalue weighted by Gasteiger charge is 2.28. The van der Waals surface area contributed by atoms with E-state index in [2.05, 4.69) is 15.3 Å². The molecule has 9 heteroatoms. The van der Waals surface area contributed by atoms with Crippen molar-refractivity contribution in [1.82, 2.24) is 14.9 Å². The number of aryl methyl sites for hydroxylation is 1. The lowest BCUT2D eigenvalue weighted by Crippen LogP contribution is -2.49. The molecule has 2 heterocycles. The fourth-order valence-electron chi connectivity index (χ4n) is 3.06. The summed E-state index contributed by atoms with van der Waals surface area (Å²) in [5, 5.41) is 14.4.